The van der Waals surface area contributed by atoms with E-state index in [0.717, 1.165) is 23.5 Å². The SMILES string of the molecule is O=C(O)CSC1=NC(=Cc2ccc(F)cc2)C(=O)S1. The second kappa shape index (κ2) is 6.03. The van der Waals surface area contributed by atoms with Gasteiger partial charge in [0.2, 0.25) is 5.12 Å². The topological polar surface area (TPSA) is 66.7 Å². The molecule has 19 heavy (non-hydrogen) atoms. The molecule has 0 radical (unpaired) electrons. The maximum atomic E-state index is 12.7. The number of thioether (sulfide) groups is 2. The second-order valence-electron chi connectivity index (χ2n) is 3.53. The molecule has 0 saturated heterocycles. The van der Waals surface area contributed by atoms with Crippen molar-refractivity contribution < 1.29 is 19.1 Å². The number of hydrogen-bond acceptors (Lipinski definition) is 5. The minimum atomic E-state index is -0.961. The van der Waals surface area contributed by atoms with E-state index in [4.69, 9.17) is 5.11 Å². The smallest absolute Gasteiger partial charge is 0.313 e. The van der Waals surface area contributed by atoms with Gasteiger partial charge in [-0.25, -0.2) is 9.38 Å². The third kappa shape index (κ3) is 3.93. The molecule has 0 fully saturated rings. The van der Waals surface area contributed by atoms with E-state index in [1.165, 1.54) is 24.3 Å². The summed E-state index contributed by atoms with van der Waals surface area (Å²) in [5.74, 6) is -1.45. The highest BCUT2D eigenvalue weighted by Crippen LogP contribution is 2.30. The lowest BCUT2D eigenvalue weighted by atomic mass is 10.2. The first-order valence-electron chi connectivity index (χ1n) is 5.17. The molecule has 1 N–H and O–H groups in total. The van der Waals surface area contributed by atoms with E-state index in [2.05, 4.69) is 4.99 Å². The van der Waals surface area contributed by atoms with Crippen LogP contribution < -0.4 is 0 Å². The van der Waals surface area contributed by atoms with Gasteiger partial charge in [-0.1, -0.05) is 23.9 Å². The van der Waals surface area contributed by atoms with Gasteiger partial charge < -0.3 is 5.11 Å². The van der Waals surface area contributed by atoms with E-state index in [0.29, 0.717) is 9.94 Å². The molecule has 0 spiro atoms. The highest BCUT2D eigenvalue weighted by atomic mass is 32.2. The summed E-state index contributed by atoms with van der Waals surface area (Å²) in [4.78, 5) is 26.1. The molecular formula is C12H8FNO3S2. The molecule has 1 aromatic rings. The quantitative estimate of drug-likeness (QED) is 0.869. The normalized spacial score (nSPS) is 16.8. The van der Waals surface area contributed by atoms with Crippen molar-refractivity contribution in [2.45, 2.75) is 0 Å². The van der Waals surface area contributed by atoms with Gasteiger partial charge in [-0.3, -0.25) is 9.59 Å². The summed E-state index contributed by atoms with van der Waals surface area (Å²) < 4.78 is 13.2. The first-order chi connectivity index (χ1) is 9.04. The maximum absolute atomic E-state index is 12.7. The van der Waals surface area contributed by atoms with Gasteiger partial charge in [0.1, 0.15) is 15.9 Å². The van der Waals surface area contributed by atoms with E-state index in [-0.39, 0.29) is 22.4 Å². The number of aliphatic imine (C=N–C) groups is 1. The van der Waals surface area contributed by atoms with Crippen LogP contribution in [0.2, 0.25) is 0 Å². The van der Waals surface area contributed by atoms with E-state index in [1.807, 2.05) is 0 Å². The Morgan fingerprint density at radius 3 is 2.74 bits per heavy atom. The minimum absolute atomic E-state index is 0.136. The zero-order chi connectivity index (χ0) is 13.8. The molecule has 0 saturated carbocycles. The molecule has 1 aromatic carbocycles. The molecule has 0 aliphatic carbocycles. The molecular weight excluding hydrogens is 289 g/mol. The molecule has 98 valence electrons. The van der Waals surface area contributed by atoms with Crippen LogP contribution in [-0.4, -0.2) is 26.3 Å². The fraction of sp³-hybridized carbons (Fsp3) is 0.0833. The Hall–Kier alpha value is -1.60. The fourth-order valence-electron chi connectivity index (χ4n) is 1.29. The van der Waals surface area contributed by atoms with E-state index >= 15 is 0 Å². The Kier molecular flexibility index (Phi) is 4.39. The lowest BCUT2D eigenvalue weighted by Crippen LogP contribution is -1.99. The van der Waals surface area contributed by atoms with Crippen LogP contribution in [0.3, 0.4) is 0 Å². The lowest BCUT2D eigenvalue weighted by Gasteiger charge is -1.93. The number of benzene rings is 1. The van der Waals surface area contributed by atoms with Gasteiger partial charge in [-0.15, -0.1) is 0 Å². The number of nitrogens with zero attached hydrogens (tertiary/aromatic N) is 1. The molecule has 0 atom stereocenters. The van der Waals surface area contributed by atoms with Crippen LogP contribution >= 0.6 is 23.5 Å². The van der Waals surface area contributed by atoms with Crippen molar-refractivity contribution in [1.82, 2.24) is 0 Å². The largest absolute Gasteiger partial charge is 0.481 e. The van der Waals surface area contributed by atoms with Crippen molar-refractivity contribution in [3.8, 4) is 0 Å². The number of carboxylic acid groups (broad SMARTS) is 1. The molecule has 1 aliphatic heterocycles. The molecule has 1 aliphatic rings. The monoisotopic (exact) mass is 297 g/mol. The number of carboxylic acids is 1. The highest BCUT2D eigenvalue weighted by Gasteiger charge is 2.22. The third-order valence-corrected chi connectivity index (χ3v) is 4.09. The zero-order valence-electron chi connectivity index (χ0n) is 9.50. The van der Waals surface area contributed by atoms with Gasteiger partial charge in [-0.2, -0.15) is 0 Å². The number of hydrogen-bond donors (Lipinski definition) is 1. The summed E-state index contributed by atoms with van der Waals surface area (Å²) >= 11 is 1.91. The zero-order valence-corrected chi connectivity index (χ0v) is 11.1. The molecule has 0 unspecified atom stereocenters. The minimum Gasteiger partial charge on any atom is -0.481 e. The number of aliphatic carboxylic acids is 1. The van der Waals surface area contributed by atoms with Crippen molar-refractivity contribution in [2.24, 2.45) is 4.99 Å². The Morgan fingerprint density at radius 2 is 2.11 bits per heavy atom. The summed E-state index contributed by atoms with van der Waals surface area (Å²) in [5, 5.41) is 8.31. The van der Waals surface area contributed by atoms with Gasteiger partial charge in [0.15, 0.2) is 0 Å². The second-order valence-corrected chi connectivity index (χ2v) is 5.71. The van der Waals surface area contributed by atoms with Crippen LogP contribution in [0.15, 0.2) is 35.0 Å². The molecule has 2 rings (SSSR count). The summed E-state index contributed by atoms with van der Waals surface area (Å²) in [6, 6.07) is 5.67. The Labute approximate surface area is 116 Å². The van der Waals surface area contributed by atoms with E-state index in [9.17, 15) is 14.0 Å². The first-order valence-corrected chi connectivity index (χ1v) is 6.97. The predicted octanol–water partition coefficient (Wildman–Crippen LogP) is 2.61. The average Bonchev–Trinajstić information content (AvgIpc) is 2.71. The standard InChI is InChI=1S/C12H8FNO3S2/c13-8-3-1-7(2-4-8)5-9-11(17)19-12(14-9)18-6-10(15)16/h1-5H,6H2,(H,15,16). The van der Waals surface area contributed by atoms with E-state index < -0.39 is 5.97 Å². The predicted molar refractivity (Wildman–Crippen MR) is 74.5 cm³/mol. The molecule has 1 heterocycles. The van der Waals surface area contributed by atoms with Gasteiger partial charge in [-0.05, 0) is 35.5 Å². The highest BCUT2D eigenvalue weighted by molar-refractivity contribution is 8.45. The van der Waals surface area contributed by atoms with Gasteiger partial charge >= 0.3 is 5.97 Å². The van der Waals surface area contributed by atoms with Crippen LogP contribution in [0, 0.1) is 5.82 Å². The first kappa shape index (κ1) is 13.8. The summed E-state index contributed by atoms with van der Waals surface area (Å²) in [7, 11) is 0. The number of halogens is 1. The van der Waals surface area contributed by atoms with Crippen molar-refractivity contribution in [3.05, 3.63) is 41.3 Å². The van der Waals surface area contributed by atoms with Crippen LogP contribution in [0.5, 0.6) is 0 Å². The number of rotatable bonds is 3. The number of carbonyl (C=O) groups excluding carboxylic acids is 1. The summed E-state index contributed by atoms with van der Waals surface area (Å²) in [6.07, 6.45) is 1.54. The molecule has 7 heteroatoms. The Bertz CT molecular complexity index is 581. The maximum Gasteiger partial charge on any atom is 0.313 e. The molecule has 4 nitrogen and oxygen atoms in total. The summed E-state index contributed by atoms with van der Waals surface area (Å²) in [6.45, 7) is 0. The van der Waals surface area contributed by atoms with Crippen LogP contribution in [-0.2, 0) is 9.59 Å². The number of carbonyl (C=O) groups is 2. The average molecular weight is 297 g/mol. The molecule has 0 bridgehead atoms. The summed E-state index contributed by atoms with van der Waals surface area (Å²) in [5.41, 5.74) is 0.906. The van der Waals surface area contributed by atoms with Crippen molar-refractivity contribution in [1.29, 1.82) is 0 Å². The van der Waals surface area contributed by atoms with Crippen molar-refractivity contribution >= 4 is 45.1 Å². The van der Waals surface area contributed by atoms with Gasteiger partial charge in [0.25, 0.3) is 0 Å². The van der Waals surface area contributed by atoms with Crippen molar-refractivity contribution in [2.75, 3.05) is 5.75 Å². The molecule has 0 aromatic heterocycles. The third-order valence-electron chi connectivity index (χ3n) is 2.09. The van der Waals surface area contributed by atoms with Gasteiger partial charge in [0, 0.05) is 0 Å². The van der Waals surface area contributed by atoms with Crippen LogP contribution in [0.4, 0.5) is 4.39 Å². The van der Waals surface area contributed by atoms with Crippen LogP contribution in [0.1, 0.15) is 5.56 Å². The van der Waals surface area contributed by atoms with Crippen molar-refractivity contribution in [3.63, 3.8) is 0 Å². The van der Waals surface area contributed by atoms with E-state index in [1.54, 1.807) is 6.08 Å². The van der Waals surface area contributed by atoms with Gasteiger partial charge in [0.05, 0.1) is 5.75 Å². The lowest BCUT2D eigenvalue weighted by molar-refractivity contribution is -0.133. The fourth-order valence-corrected chi connectivity index (χ4v) is 2.85. The Morgan fingerprint density at radius 1 is 1.42 bits per heavy atom. The molecule has 0 amide bonds. The Balaban J connectivity index is 2.13. The van der Waals surface area contributed by atoms with Crippen LogP contribution in [0.25, 0.3) is 6.08 Å².